The van der Waals surface area contributed by atoms with Crippen LogP contribution in [0.15, 0.2) is 29.2 Å². The Morgan fingerprint density at radius 1 is 1.42 bits per heavy atom. The van der Waals surface area contributed by atoms with Crippen molar-refractivity contribution in [2.75, 3.05) is 13.6 Å². The van der Waals surface area contributed by atoms with E-state index < -0.39 is 27.0 Å². The smallest absolute Gasteiger partial charge is 0.335 e. The van der Waals surface area contributed by atoms with E-state index in [0.717, 1.165) is 6.07 Å². The summed E-state index contributed by atoms with van der Waals surface area (Å²) < 4.78 is 24.6. The van der Waals surface area contributed by atoms with Crippen LogP contribution >= 0.6 is 0 Å². The third-order valence-corrected chi connectivity index (χ3v) is 5.26. The largest absolute Gasteiger partial charge is 0.478 e. The molecule has 0 spiro atoms. The van der Waals surface area contributed by atoms with E-state index >= 15 is 0 Å². The van der Waals surface area contributed by atoms with E-state index in [2.05, 4.69) is 0 Å². The zero-order valence-electron chi connectivity index (χ0n) is 10.2. The molecular weight excluding hydrogens is 270 g/mol. The summed E-state index contributed by atoms with van der Waals surface area (Å²) in [6, 6.07) is 5.07. The predicted octanol–water partition coefficient (Wildman–Crippen LogP) is 0.389. The quantitative estimate of drug-likeness (QED) is 0.866. The zero-order valence-corrected chi connectivity index (χ0v) is 11.1. The van der Waals surface area contributed by atoms with E-state index in [1.54, 1.807) is 7.05 Å². The SMILES string of the molecule is CN1CCC(S(=O)(=O)c2cccc(C(=O)O)c2)C1=O. The van der Waals surface area contributed by atoms with Crippen LogP contribution in [0.25, 0.3) is 0 Å². The number of likely N-dealkylation sites (tertiary alicyclic amines) is 1. The molecule has 1 atom stereocenters. The normalized spacial score (nSPS) is 19.7. The van der Waals surface area contributed by atoms with Crippen molar-refractivity contribution in [3.8, 4) is 0 Å². The molecule has 1 aromatic carbocycles. The van der Waals surface area contributed by atoms with Gasteiger partial charge in [-0.1, -0.05) is 6.07 Å². The molecule has 2 rings (SSSR count). The van der Waals surface area contributed by atoms with Crippen molar-refractivity contribution in [2.45, 2.75) is 16.6 Å². The Bertz CT molecular complexity index is 637. The molecule has 0 aromatic heterocycles. The number of aromatic carboxylic acids is 1. The van der Waals surface area contributed by atoms with Gasteiger partial charge in [-0.3, -0.25) is 4.79 Å². The number of hydrogen-bond donors (Lipinski definition) is 1. The number of sulfone groups is 1. The average Bonchev–Trinajstić information content (AvgIpc) is 2.70. The van der Waals surface area contributed by atoms with E-state index in [-0.39, 0.29) is 16.9 Å². The van der Waals surface area contributed by atoms with Crippen LogP contribution in [-0.2, 0) is 14.6 Å². The molecule has 0 radical (unpaired) electrons. The third kappa shape index (κ3) is 2.33. The van der Waals surface area contributed by atoms with Gasteiger partial charge in [-0.25, -0.2) is 13.2 Å². The Kier molecular flexibility index (Phi) is 3.32. The number of nitrogens with zero attached hydrogens (tertiary/aromatic N) is 1. The zero-order chi connectivity index (χ0) is 14.2. The molecule has 1 fully saturated rings. The van der Waals surface area contributed by atoms with Gasteiger partial charge in [0.25, 0.3) is 0 Å². The molecule has 0 aliphatic carbocycles. The van der Waals surface area contributed by atoms with Gasteiger partial charge < -0.3 is 10.0 Å². The molecule has 102 valence electrons. The Morgan fingerprint density at radius 2 is 2.11 bits per heavy atom. The second-order valence-electron chi connectivity index (χ2n) is 4.42. The van der Waals surface area contributed by atoms with Crippen molar-refractivity contribution < 1.29 is 23.1 Å². The average molecular weight is 283 g/mol. The maximum Gasteiger partial charge on any atom is 0.335 e. The summed E-state index contributed by atoms with van der Waals surface area (Å²) in [6.45, 7) is 0.390. The van der Waals surface area contributed by atoms with Crippen LogP contribution in [0, 0.1) is 0 Å². The first kappa shape index (κ1) is 13.5. The minimum absolute atomic E-state index is 0.111. The highest BCUT2D eigenvalue weighted by Gasteiger charge is 2.40. The van der Waals surface area contributed by atoms with Crippen LogP contribution in [-0.4, -0.2) is 49.1 Å². The van der Waals surface area contributed by atoms with Crippen molar-refractivity contribution in [1.29, 1.82) is 0 Å². The van der Waals surface area contributed by atoms with Gasteiger partial charge in [0.1, 0.15) is 5.25 Å². The highest BCUT2D eigenvalue weighted by molar-refractivity contribution is 7.92. The number of benzene rings is 1. The number of amides is 1. The van der Waals surface area contributed by atoms with Crippen LogP contribution in [0.1, 0.15) is 16.8 Å². The van der Waals surface area contributed by atoms with Crippen LogP contribution in [0.4, 0.5) is 0 Å². The van der Waals surface area contributed by atoms with E-state index in [1.807, 2.05) is 0 Å². The van der Waals surface area contributed by atoms with Gasteiger partial charge in [-0.15, -0.1) is 0 Å². The monoisotopic (exact) mass is 283 g/mol. The van der Waals surface area contributed by atoms with E-state index in [9.17, 15) is 18.0 Å². The number of carbonyl (C=O) groups excluding carboxylic acids is 1. The highest BCUT2D eigenvalue weighted by Crippen LogP contribution is 2.24. The minimum atomic E-state index is -3.83. The fourth-order valence-corrected chi connectivity index (χ4v) is 3.80. The van der Waals surface area contributed by atoms with Crippen LogP contribution < -0.4 is 0 Å². The van der Waals surface area contributed by atoms with Crippen molar-refractivity contribution in [1.82, 2.24) is 4.90 Å². The van der Waals surface area contributed by atoms with Gasteiger partial charge in [-0.2, -0.15) is 0 Å². The molecule has 6 nitrogen and oxygen atoms in total. The lowest BCUT2D eigenvalue weighted by atomic mass is 10.2. The molecule has 0 bridgehead atoms. The fraction of sp³-hybridized carbons (Fsp3) is 0.333. The molecule has 1 aliphatic heterocycles. The van der Waals surface area contributed by atoms with Crippen LogP contribution in [0.5, 0.6) is 0 Å². The summed E-state index contributed by atoms with van der Waals surface area (Å²) in [7, 11) is -2.28. The van der Waals surface area contributed by atoms with Crippen LogP contribution in [0.2, 0.25) is 0 Å². The second kappa shape index (κ2) is 4.65. The first-order valence-corrected chi connectivity index (χ1v) is 7.21. The molecule has 1 aromatic rings. The van der Waals surface area contributed by atoms with Gasteiger partial charge in [0, 0.05) is 13.6 Å². The topological polar surface area (TPSA) is 91.8 Å². The fourth-order valence-electron chi connectivity index (χ4n) is 2.05. The number of carboxylic acid groups (broad SMARTS) is 1. The highest BCUT2D eigenvalue weighted by atomic mass is 32.2. The number of carbonyl (C=O) groups is 2. The molecule has 1 saturated heterocycles. The lowest BCUT2D eigenvalue weighted by Crippen LogP contribution is -2.31. The van der Waals surface area contributed by atoms with E-state index in [0.29, 0.717) is 6.54 Å². The molecule has 19 heavy (non-hydrogen) atoms. The molecule has 0 saturated carbocycles. The summed E-state index contributed by atoms with van der Waals surface area (Å²) in [6.07, 6.45) is 0.231. The van der Waals surface area contributed by atoms with Gasteiger partial charge in [0.15, 0.2) is 9.84 Å². The Balaban J connectivity index is 2.43. The van der Waals surface area contributed by atoms with Crippen molar-refractivity contribution in [3.05, 3.63) is 29.8 Å². The predicted molar refractivity (Wildman–Crippen MR) is 66.6 cm³/mol. The van der Waals surface area contributed by atoms with Crippen molar-refractivity contribution >= 4 is 21.7 Å². The van der Waals surface area contributed by atoms with Crippen molar-refractivity contribution in [2.24, 2.45) is 0 Å². The molecule has 1 heterocycles. The first-order valence-electron chi connectivity index (χ1n) is 5.66. The Hall–Kier alpha value is -1.89. The minimum Gasteiger partial charge on any atom is -0.478 e. The number of rotatable bonds is 3. The third-order valence-electron chi connectivity index (χ3n) is 3.16. The molecule has 7 heteroatoms. The van der Waals surface area contributed by atoms with E-state index in [1.165, 1.54) is 23.1 Å². The molecular formula is C12H13NO5S. The maximum atomic E-state index is 12.3. The Labute approximate surface area is 110 Å². The lowest BCUT2D eigenvalue weighted by Gasteiger charge is -2.11. The number of hydrogen-bond acceptors (Lipinski definition) is 4. The summed E-state index contributed by atoms with van der Waals surface area (Å²) in [5.74, 6) is -1.65. The summed E-state index contributed by atoms with van der Waals surface area (Å²) in [5.41, 5.74) is -0.111. The van der Waals surface area contributed by atoms with Crippen LogP contribution in [0.3, 0.4) is 0 Å². The molecule has 1 amide bonds. The Morgan fingerprint density at radius 3 is 2.63 bits per heavy atom. The number of carboxylic acids is 1. The summed E-state index contributed by atoms with van der Waals surface area (Å²) >= 11 is 0. The van der Waals surface area contributed by atoms with Gasteiger partial charge >= 0.3 is 5.97 Å². The van der Waals surface area contributed by atoms with Gasteiger partial charge in [0.05, 0.1) is 10.5 Å². The lowest BCUT2D eigenvalue weighted by molar-refractivity contribution is -0.126. The first-order chi connectivity index (χ1) is 8.84. The molecule has 1 aliphatic rings. The standard InChI is InChI=1S/C12H13NO5S/c1-13-6-5-10(11(13)14)19(17,18)9-4-2-3-8(7-9)12(15)16/h2-4,7,10H,5-6H2,1H3,(H,15,16). The molecule has 1 N–H and O–H groups in total. The van der Waals surface area contributed by atoms with Gasteiger partial charge in [-0.05, 0) is 24.6 Å². The maximum absolute atomic E-state index is 12.3. The summed E-state index contributed by atoms with van der Waals surface area (Å²) in [4.78, 5) is 23.9. The van der Waals surface area contributed by atoms with Gasteiger partial charge in [0.2, 0.25) is 5.91 Å². The molecule has 1 unspecified atom stereocenters. The summed E-state index contributed by atoms with van der Waals surface area (Å²) in [5, 5.41) is 7.75. The van der Waals surface area contributed by atoms with Crippen molar-refractivity contribution in [3.63, 3.8) is 0 Å². The second-order valence-corrected chi connectivity index (χ2v) is 6.55. The van der Waals surface area contributed by atoms with E-state index in [4.69, 9.17) is 5.11 Å².